The number of nitrogens with zero attached hydrogens (tertiary/aromatic N) is 1. The summed E-state index contributed by atoms with van der Waals surface area (Å²) in [6.45, 7) is 0. The first-order valence-electron chi connectivity index (χ1n) is 5.10. The van der Waals surface area contributed by atoms with Gasteiger partial charge in [0.05, 0.1) is 12.0 Å². The van der Waals surface area contributed by atoms with Crippen molar-refractivity contribution in [3.8, 4) is 0 Å². The average Bonchev–Trinajstić information content (AvgIpc) is 2.72. The van der Waals surface area contributed by atoms with E-state index in [1.165, 1.54) is 5.56 Å². The summed E-state index contributed by atoms with van der Waals surface area (Å²) in [5.74, 6) is 0. The summed E-state index contributed by atoms with van der Waals surface area (Å²) < 4.78 is 5.35. The van der Waals surface area contributed by atoms with Crippen molar-refractivity contribution in [3.05, 3.63) is 35.6 Å². The molecule has 3 rings (SSSR count). The molecule has 1 aromatic heterocycles. The van der Waals surface area contributed by atoms with Crippen molar-refractivity contribution in [1.29, 1.82) is 0 Å². The Bertz CT molecular complexity index is 540. The molecule has 0 spiro atoms. The molecule has 0 atom stereocenters. The number of fused-ring (bicyclic) bond motifs is 2. The molecule has 1 aromatic carbocycles. The fourth-order valence-electron chi connectivity index (χ4n) is 2.21. The number of aryl methyl sites for hydroxylation is 1. The lowest BCUT2D eigenvalue weighted by atomic mass is 9.89. The van der Waals surface area contributed by atoms with Gasteiger partial charge in [0.15, 0.2) is 0 Å². The van der Waals surface area contributed by atoms with E-state index in [0.717, 1.165) is 41.5 Å². The van der Waals surface area contributed by atoms with Crippen LogP contribution in [0.25, 0.3) is 11.0 Å². The maximum absolute atomic E-state index is 8.93. The van der Waals surface area contributed by atoms with E-state index in [-0.39, 0.29) is 0 Å². The fraction of sp³-hybridized carbons (Fsp3) is 0.250. The van der Waals surface area contributed by atoms with Crippen LogP contribution in [0.5, 0.6) is 0 Å². The Kier molecular flexibility index (Phi) is 1.78. The molecule has 0 saturated carbocycles. The molecule has 0 saturated heterocycles. The smallest absolute Gasteiger partial charge is 0.134 e. The molecule has 1 heterocycles. The maximum atomic E-state index is 8.93. The number of benzene rings is 1. The molecule has 1 aliphatic carbocycles. The minimum atomic E-state index is 0.791. The van der Waals surface area contributed by atoms with Crippen LogP contribution in [0.15, 0.2) is 34.0 Å². The first kappa shape index (κ1) is 8.53. The fourth-order valence-corrected chi connectivity index (χ4v) is 2.21. The third-order valence-corrected chi connectivity index (χ3v) is 2.97. The number of hydrogen-bond donors (Lipinski definition) is 1. The van der Waals surface area contributed by atoms with Crippen LogP contribution in [0.4, 0.5) is 0 Å². The van der Waals surface area contributed by atoms with Gasteiger partial charge in [-0.1, -0.05) is 5.16 Å². The molecule has 0 amide bonds. The molecule has 0 unspecified atom stereocenters. The van der Waals surface area contributed by atoms with Gasteiger partial charge in [0.25, 0.3) is 0 Å². The Morgan fingerprint density at radius 1 is 1.27 bits per heavy atom. The van der Waals surface area contributed by atoms with Gasteiger partial charge in [-0.2, -0.15) is 0 Å². The Hall–Kier alpha value is -1.77. The van der Waals surface area contributed by atoms with Gasteiger partial charge in [0.1, 0.15) is 5.58 Å². The molecule has 2 aromatic rings. The molecule has 0 aliphatic heterocycles. The van der Waals surface area contributed by atoms with E-state index in [4.69, 9.17) is 9.62 Å². The van der Waals surface area contributed by atoms with Gasteiger partial charge in [-0.3, -0.25) is 0 Å². The van der Waals surface area contributed by atoms with Gasteiger partial charge in [-0.15, -0.1) is 0 Å². The molecule has 1 N–H and O–H groups in total. The molecular weight excluding hydrogens is 190 g/mol. The minimum absolute atomic E-state index is 0.791. The second-order valence-electron chi connectivity index (χ2n) is 3.87. The number of furan rings is 1. The summed E-state index contributed by atoms with van der Waals surface area (Å²) in [6, 6.07) is 6.02. The quantitative estimate of drug-likeness (QED) is 0.526. The Labute approximate surface area is 87.0 Å². The standard InChI is InChI=1S/C12H11NO2/c14-13-11-3-1-2-8-7-12-9(4-5-15-12)6-10(8)11/h4-7,14H,1-3H2. The van der Waals surface area contributed by atoms with Crippen molar-refractivity contribution >= 4 is 16.7 Å². The van der Waals surface area contributed by atoms with E-state index < -0.39 is 0 Å². The molecular formula is C12H11NO2. The third kappa shape index (κ3) is 1.23. The van der Waals surface area contributed by atoms with Crippen LogP contribution in [-0.4, -0.2) is 10.9 Å². The van der Waals surface area contributed by atoms with Gasteiger partial charge in [0, 0.05) is 10.9 Å². The minimum Gasteiger partial charge on any atom is -0.464 e. The lowest BCUT2D eigenvalue weighted by molar-refractivity contribution is 0.317. The van der Waals surface area contributed by atoms with E-state index in [0.29, 0.717) is 0 Å². The Balaban J connectivity index is 2.29. The molecule has 76 valence electrons. The molecule has 0 fully saturated rings. The SMILES string of the molecule is ON=C1CCCc2cc3occc3cc21. The van der Waals surface area contributed by atoms with Crippen LogP contribution in [0.3, 0.4) is 0 Å². The highest BCUT2D eigenvalue weighted by Crippen LogP contribution is 2.27. The molecule has 1 aliphatic rings. The summed E-state index contributed by atoms with van der Waals surface area (Å²) in [4.78, 5) is 0. The van der Waals surface area contributed by atoms with Crippen molar-refractivity contribution in [3.63, 3.8) is 0 Å². The summed E-state index contributed by atoms with van der Waals surface area (Å²) in [5, 5.41) is 13.4. The summed E-state index contributed by atoms with van der Waals surface area (Å²) in [6.07, 6.45) is 4.61. The summed E-state index contributed by atoms with van der Waals surface area (Å²) in [7, 11) is 0. The van der Waals surface area contributed by atoms with Crippen LogP contribution in [0, 0.1) is 0 Å². The van der Waals surface area contributed by atoms with Crippen molar-refractivity contribution < 1.29 is 9.62 Å². The van der Waals surface area contributed by atoms with Gasteiger partial charge < -0.3 is 9.62 Å². The zero-order valence-corrected chi connectivity index (χ0v) is 8.23. The average molecular weight is 201 g/mol. The van der Waals surface area contributed by atoms with Crippen LogP contribution < -0.4 is 0 Å². The highest BCUT2D eigenvalue weighted by molar-refractivity contribution is 6.04. The van der Waals surface area contributed by atoms with Gasteiger partial charge >= 0.3 is 0 Å². The van der Waals surface area contributed by atoms with Crippen LogP contribution >= 0.6 is 0 Å². The number of rotatable bonds is 0. The highest BCUT2D eigenvalue weighted by Gasteiger charge is 2.17. The first-order valence-corrected chi connectivity index (χ1v) is 5.10. The normalized spacial score (nSPS) is 18.3. The van der Waals surface area contributed by atoms with Gasteiger partial charge in [-0.05, 0) is 43.0 Å². The third-order valence-electron chi connectivity index (χ3n) is 2.97. The van der Waals surface area contributed by atoms with Crippen molar-refractivity contribution in [2.24, 2.45) is 5.16 Å². The topological polar surface area (TPSA) is 45.7 Å². The molecule has 15 heavy (non-hydrogen) atoms. The lowest BCUT2D eigenvalue weighted by Crippen LogP contribution is -2.11. The monoisotopic (exact) mass is 201 g/mol. The summed E-state index contributed by atoms with van der Waals surface area (Å²) >= 11 is 0. The van der Waals surface area contributed by atoms with Crippen LogP contribution in [0.1, 0.15) is 24.0 Å². The predicted octanol–water partition coefficient (Wildman–Crippen LogP) is 2.95. The Morgan fingerprint density at radius 2 is 2.20 bits per heavy atom. The second kappa shape index (κ2) is 3.12. The van der Waals surface area contributed by atoms with Crippen molar-refractivity contribution in [2.75, 3.05) is 0 Å². The van der Waals surface area contributed by atoms with Crippen LogP contribution in [-0.2, 0) is 6.42 Å². The number of hydrogen-bond acceptors (Lipinski definition) is 3. The number of oxime groups is 1. The van der Waals surface area contributed by atoms with Crippen molar-refractivity contribution in [2.45, 2.75) is 19.3 Å². The van der Waals surface area contributed by atoms with E-state index in [9.17, 15) is 0 Å². The van der Waals surface area contributed by atoms with Gasteiger partial charge in [0.2, 0.25) is 0 Å². The first-order chi connectivity index (χ1) is 7.38. The van der Waals surface area contributed by atoms with E-state index in [1.54, 1.807) is 6.26 Å². The van der Waals surface area contributed by atoms with E-state index in [1.807, 2.05) is 12.1 Å². The molecule has 0 bridgehead atoms. The summed E-state index contributed by atoms with van der Waals surface area (Å²) in [5.41, 5.74) is 3.99. The Morgan fingerprint density at radius 3 is 3.07 bits per heavy atom. The predicted molar refractivity (Wildman–Crippen MR) is 57.5 cm³/mol. The van der Waals surface area contributed by atoms with Crippen LogP contribution in [0.2, 0.25) is 0 Å². The maximum Gasteiger partial charge on any atom is 0.134 e. The zero-order chi connectivity index (χ0) is 10.3. The second-order valence-corrected chi connectivity index (χ2v) is 3.87. The highest BCUT2D eigenvalue weighted by atomic mass is 16.4. The van der Waals surface area contributed by atoms with E-state index >= 15 is 0 Å². The lowest BCUT2D eigenvalue weighted by Gasteiger charge is -2.16. The zero-order valence-electron chi connectivity index (χ0n) is 8.23. The van der Waals surface area contributed by atoms with Crippen molar-refractivity contribution in [1.82, 2.24) is 0 Å². The van der Waals surface area contributed by atoms with Gasteiger partial charge in [-0.25, -0.2) is 0 Å². The van der Waals surface area contributed by atoms with E-state index in [2.05, 4.69) is 11.2 Å². The molecule has 3 nitrogen and oxygen atoms in total. The largest absolute Gasteiger partial charge is 0.464 e. The molecule has 3 heteroatoms. The molecule has 0 radical (unpaired) electrons.